The van der Waals surface area contributed by atoms with Crippen LogP contribution in [0.1, 0.15) is 83.5 Å². The molecule has 0 nitrogen and oxygen atoms in total. The van der Waals surface area contributed by atoms with Crippen LogP contribution in [0.2, 0.25) is 0 Å². The van der Waals surface area contributed by atoms with Gasteiger partial charge in [0.2, 0.25) is 0 Å². The van der Waals surface area contributed by atoms with E-state index >= 15 is 0 Å². The summed E-state index contributed by atoms with van der Waals surface area (Å²) in [6.45, 7) is 0. The average Bonchev–Trinajstić information content (AvgIpc) is 2.50. The highest BCUT2D eigenvalue weighted by Crippen LogP contribution is 2.10. The lowest BCUT2D eigenvalue weighted by atomic mass is 10.1. The number of hydrogen-bond acceptors (Lipinski definition) is 0. The highest BCUT2D eigenvalue weighted by atomic mass is 14.0. The van der Waals surface area contributed by atoms with Gasteiger partial charge >= 0.3 is 0 Å². The second kappa shape index (κ2) is 18.4. The lowest BCUT2D eigenvalue weighted by Gasteiger charge is -1.99. The van der Waals surface area contributed by atoms with E-state index in [1.165, 1.54) is 51.4 Å². The normalized spacial score (nSPS) is 9.81. The van der Waals surface area contributed by atoms with E-state index in [1.54, 1.807) is 6.08 Å². The van der Waals surface area contributed by atoms with Crippen molar-refractivity contribution in [3.05, 3.63) is 12.2 Å². The van der Waals surface area contributed by atoms with Crippen molar-refractivity contribution in [1.29, 1.82) is 0 Å². The first kappa shape index (κ1) is 19.4. The molecule has 0 spiro atoms. The Balaban J connectivity index is 3.14. The minimum atomic E-state index is 0.943. The summed E-state index contributed by atoms with van der Waals surface area (Å²) >= 11 is 0. The van der Waals surface area contributed by atoms with Gasteiger partial charge in [0.05, 0.1) is 0 Å². The molecule has 0 saturated carbocycles. The Morgan fingerprint density at radius 2 is 1.14 bits per heavy atom. The van der Waals surface area contributed by atoms with Gasteiger partial charge in [-0.2, -0.15) is 0 Å². The van der Waals surface area contributed by atoms with Crippen LogP contribution in [0.3, 0.4) is 0 Å². The first-order valence-corrected chi connectivity index (χ1v) is 8.42. The predicted octanol–water partition coefficient (Wildman–Crippen LogP) is 5.88. The summed E-state index contributed by atoms with van der Waals surface area (Å²) in [6, 6.07) is 0. The van der Waals surface area contributed by atoms with Gasteiger partial charge < -0.3 is 0 Å². The summed E-state index contributed by atoms with van der Waals surface area (Å²) in [5, 5.41) is 0. The van der Waals surface area contributed by atoms with Crippen LogP contribution in [0.25, 0.3) is 0 Å². The molecule has 114 valence electrons. The monoisotopic (exact) mass is 282 g/mol. The van der Waals surface area contributed by atoms with Crippen LogP contribution in [-0.2, 0) is 0 Å². The van der Waals surface area contributed by atoms with Crippen molar-refractivity contribution in [2.75, 3.05) is 0 Å². The summed E-state index contributed by atoms with van der Waals surface area (Å²) in [5.41, 5.74) is 0. The van der Waals surface area contributed by atoms with E-state index in [2.05, 4.69) is 23.7 Å². The number of hydrogen-bond donors (Lipinski definition) is 0. The summed E-state index contributed by atoms with van der Waals surface area (Å²) in [6.07, 6.45) is 29.8. The van der Waals surface area contributed by atoms with Gasteiger partial charge in [-0.05, 0) is 31.8 Å². The van der Waals surface area contributed by atoms with Crippen LogP contribution in [0.4, 0.5) is 0 Å². The Hall–Kier alpha value is -1.58. The third kappa shape index (κ3) is 18.4. The van der Waals surface area contributed by atoms with Crippen molar-refractivity contribution in [2.45, 2.75) is 83.5 Å². The number of allylic oxidation sites excluding steroid dienone is 2. The van der Waals surface area contributed by atoms with E-state index in [1.807, 2.05) is 6.08 Å². The van der Waals surface area contributed by atoms with E-state index in [4.69, 9.17) is 12.8 Å². The molecule has 21 heavy (non-hydrogen) atoms. The SMILES string of the molecule is C#C/C=C/CCCC#CCCCCCCCCCCC#C. The van der Waals surface area contributed by atoms with Gasteiger partial charge in [0.1, 0.15) is 0 Å². The minimum absolute atomic E-state index is 0.943. The Bertz CT molecular complexity index is 375. The van der Waals surface area contributed by atoms with Crippen molar-refractivity contribution >= 4 is 0 Å². The van der Waals surface area contributed by atoms with Crippen LogP contribution >= 0.6 is 0 Å². The summed E-state index contributed by atoms with van der Waals surface area (Å²) in [4.78, 5) is 0. The Kier molecular flexibility index (Phi) is 17.0. The smallest absolute Gasteiger partial charge is 0.00916 e. The number of rotatable bonds is 12. The summed E-state index contributed by atoms with van der Waals surface area (Å²) in [5.74, 6) is 11.7. The summed E-state index contributed by atoms with van der Waals surface area (Å²) in [7, 11) is 0. The second-order valence-electron chi connectivity index (χ2n) is 5.35. The summed E-state index contributed by atoms with van der Waals surface area (Å²) < 4.78 is 0. The highest BCUT2D eigenvalue weighted by molar-refractivity contribution is 5.08. The van der Waals surface area contributed by atoms with Crippen LogP contribution < -0.4 is 0 Å². The van der Waals surface area contributed by atoms with E-state index in [9.17, 15) is 0 Å². The molecule has 0 radical (unpaired) electrons. The van der Waals surface area contributed by atoms with Crippen LogP contribution in [0.15, 0.2) is 12.2 Å². The van der Waals surface area contributed by atoms with Gasteiger partial charge in [0.15, 0.2) is 0 Å². The number of terminal acetylenes is 2. The fourth-order valence-corrected chi connectivity index (χ4v) is 2.14. The molecule has 0 aromatic rings. The maximum absolute atomic E-state index is 5.22. The quantitative estimate of drug-likeness (QED) is 0.309. The third-order valence-corrected chi connectivity index (χ3v) is 3.38. The van der Waals surface area contributed by atoms with Crippen molar-refractivity contribution in [3.63, 3.8) is 0 Å². The Morgan fingerprint density at radius 3 is 1.71 bits per heavy atom. The van der Waals surface area contributed by atoms with E-state index in [-0.39, 0.29) is 0 Å². The second-order valence-corrected chi connectivity index (χ2v) is 5.35. The molecule has 0 bridgehead atoms. The fraction of sp³-hybridized carbons (Fsp3) is 0.619. The molecule has 0 fully saturated rings. The molecule has 0 amide bonds. The first-order valence-electron chi connectivity index (χ1n) is 8.42. The molecule has 0 aromatic carbocycles. The lowest BCUT2D eigenvalue weighted by Crippen LogP contribution is -1.81. The first-order chi connectivity index (χ1) is 10.4. The standard InChI is InChI=1S/C21H30/c1-3-5-7-9-11-13-15-17-19-21-20-18-16-14-12-10-8-6-4-2/h1-2,5,7H,6,8-14,16,18-21H2/b7-5+. The topological polar surface area (TPSA) is 0 Å². The molecule has 0 aromatic heterocycles. The zero-order valence-electron chi connectivity index (χ0n) is 13.5. The van der Waals surface area contributed by atoms with Gasteiger partial charge in [-0.1, -0.05) is 50.5 Å². The molecule has 0 saturated heterocycles. The van der Waals surface area contributed by atoms with Crippen molar-refractivity contribution in [1.82, 2.24) is 0 Å². The van der Waals surface area contributed by atoms with E-state index in [0.717, 1.165) is 32.1 Å². The molecule has 0 N–H and O–H groups in total. The molecule has 0 atom stereocenters. The highest BCUT2D eigenvalue weighted by Gasteiger charge is 1.91. The molecular formula is C21H30. The molecule has 0 heterocycles. The maximum Gasteiger partial charge on any atom is 0.00916 e. The van der Waals surface area contributed by atoms with Crippen LogP contribution in [0.5, 0.6) is 0 Å². The van der Waals surface area contributed by atoms with Crippen molar-refractivity contribution < 1.29 is 0 Å². The van der Waals surface area contributed by atoms with Gasteiger partial charge in [0.25, 0.3) is 0 Å². The molecule has 0 unspecified atom stereocenters. The molecular weight excluding hydrogens is 252 g/mol. The molecule has 0 aliphatic rings. The Morgan fingerprint density at radius 1 is 0.619 bits per heavy atom. The minimum Gasteiger partial charge on any atom is -0.120 e. The van der Waals surface area contributed by atoms with Gasteiger partial charge in [-0.15, -0.1) is 30.6 Å². The molecule has 0 aliphatic heterocycles. The largest absolute Gasteiger partial charge is 0.120 e. The maximum atomic E-state index is 5.22. The van der Waals surface area contributed by atoms with Crippen LogP contribution in [-0.4, -0.2) is 0 Å². The zero-order valence-corrected chi connectivity index (χ0v) is 13.5. The van der Waals surface area contributed by atoms with Crippen molar-refractivity contribution in [3.8, 4) is 36.5 Å². The van der Waals surface area contributed by atoms with Gasteiger partial charge in [-0.25, -0.2) is 0 Å². The average molecular weight is 282 g/mol. The predicted molar refractivity (Wildman–Crippen MR) is 94.6 cm³/mol. The zero-order chi connectivity index (χ0) is 15.4. The van der Waals surface area contributed by atoms with Crippen LogP contribution in [0, 0.1) is 36.5 Å². The number of unbranched alkanes of at least 4 members (excludes halogenated alkanes) is 11. The fourth-order valence-electron chi connectivity index (χ4n) is 2.14. The molecule has 0 aliphatic carbocycles. The Labute approximate surface area is 132 Å². The van der Waals surface area contributed by atoms with Gasteiger partial charge in [-0.3, -0.25) is 0 Å². The van der Waals surface area contributed by atoms with Gasteiger partial charge in [0, 0.05) is 19.3 Å². The molecule has 0 rings (SSSR count). The van der Waals surface area contributed by atoms with E-state index < -0.39 is 0 Å². The van der Waals surface area contributed by atoms with Crippen molar-refractivity contribution in [2.24, 2.45) is 0 Å². The lowest BCUT2D eigenvalue weighted by molar-refractivity contribution is 0.573. The molecule has 0 heteroatoms. The third-order valence-electron chi connectivity index (χ3n) is 3.38. The van der Waals surface area contributed by atoms with E-state index in [0.29, 0.717) is 0 Å².